The summed E-state index contributed by atoms with van der Waals surface area (Å²) in [6, 6.07) is 4.47. The number of rotatable bonds is 2. The molecule has 5 nitrogen and oxygen atoms in total. The molecule has 0 bridgehead atoms. The molecule has 0 N–H and O–H groups in total. The van der Waals surface area contributed by atoms with Crippen molar-refractivity contribution in [1.29, 1.82) is 0 Å². The first-order chi connectivity index (χ1) is 6.72. The van der Waals surface area contributed by atoms with Crippen molar-refractivity contribution in [2.45, 2.75) is 13.3 Å². The Kier molecular flexibility index (Phi) is 1.92. The molecule has 0 aliphatic heterocycles. The number of nitro benzene ring substituents is 1. The van der Waals surface area contributed by atoms with Crippen LogP contribution in [0.1, 0.15) is 12.6 Å². The zero-order valence-electron chi connectivity index (χ0n) is 7.56. The maximum absolute atomic E-state index is 10.5. The molecule has 0 saturated carbocycles. The third-order valence-electron chi connectivity index (χ3n) is 2.07. The van der Waals surface area contributed by atoms with Crippen LogP contribution in [-0.2, 0) is 6.42 Å². The van der Waals surface area contributed by atoms with Gasteiger partial charge in [0, 0.05) is 12.1 Å². The highest BCUT2D eigenvalue weighted by molar-refractivity contribution is 5.81. The van der Waals surface area contributed by atoms with Crippen LogP contribution in [0.4, 0.5) is 5.69 Å². The molecule has 0 aliphatic carbocycles. The summed E-state index contributed by atoms with van der Waals surface area (Å²) in [7, 11) is 0. The number of hydrogen-bond acceptors (Lipinski definition) is 4. The molecule has 14 heavy (non-hydrogen) atoms. The Morgan fingerprint density at radius 1 is 1.57 bits per heavy atom. The molecule has 0 aliphatic rings. The van der Waals surface area contributed by atoms with E-state index in [1.807, 2.05) is 6.92 Å². The number of aryl methyl sites for hydroxylation is 1. The fourth-order valence-electron chi connectivity index (χ4n) is 1.35. The average molecular weight is 192 g/mol. The zero-order valence-corrected chi connectivity index (χ0v) is 7.56. The number of nitro groups is 1. The lowest BCUT2D eigenvalue weighted by Gasteiger charge is -1.91. The minimum atomic E-state index is -0.425. The molecular weight excluding hydrogens is 184 g/mol. The van der Waals surface area contributed by atoms with E-state index in [9.17, 15) is 10.1 Å². The fourth-order valence-corrected chi connectivity index (χ4v) is 1.35. The van der Waals surface area contributed by atoms with Crippen molar-refractivity contribution in [3.8, 4) is 0 Å². The van der Waals surface area contributed by atoms with Crippen LogP contribution in [0.5, 0.6) is 0 Å². The largest absolute Gasteiger partial charge is 0.356 e. The van der Waals surface area contributed by atoms with Gasteiger partial charge in [0.1, 0.15) is 0 Å². The van der Waals surface area contributed by atoms with Gasteiger partial charge in [0.25, 0.3) is 5.69 Å². The van der Waals surface area contributed by atoms with E-state index in [1.165, 1.54) is 12.1 Å². The Morgan fingerprint density at radius 2 is 2.36 bits per heavy atom. The van der Waals surface area contributed by atoms with Crippen LogP contribution >= 0.6 is 0 Å². The summed E-state index contributed by atoms with van der Waals surface area (Å²) in [6.07, 6.45) is 0.703. The Labute approximate surface area is 79.5 Å². The number of fused-ring (bicyclic) bond motifs is 1. The molecule has 0 saturated heterocycles. The van der Waals surface area contributed by atoms with E-state index >= 15 is 0 Å². The van der Waals surface area contributed by atoms with Crippen LogP contribution < -0.4 is 0 Å². The molecule has 5 heteroatoms. The van der Waals surface area contributed by atoms with Crippen molar-refractivity contribution in [2.24, 2.45) is 0 Å². The second-order valence-corrected chi connectivity index (χ2v) is 2.92. The van der Waals surface area contributed by atoms with Gasteiger partial charge in [-0.3, -0.25) is 10.1 Å². The highest BCUT2D eigenvalue weighted by Crippen LogP contribution is 2.23. The predicted molar refractivity (Wildman–Crippen MR) is 50.0 cm³/mol. The highest BCUT2D eigenvalue weighted by Gasteiger charge is 2.11. The van der Waals surface area contributed by atoms with E-state index in [0.29, 0.717) is 12.0 Å². The third-order valence-corrected chi connectivity index (χ3v) is 2.07. The number of hydrogen-bond donors (Lipinski definition) is 0. The summed E-state index contributed by atoms with van der Waals surface area (Å²) in [4.78, 5) is 10.1. The molecular formula is C9H8N2O3. The van der Waals surface area contributed by atoms with Gasteiger partial charge in [-0.05, 0) is 12.5 Å². The van der Waals surface area contributed by atoms with E-state index < -0.39 is 4.92 Å². The van der Waals surface area contributed by atoms with E-state index in [-0.39, 0.29) is 5.69 Å². The van der Waals surface area contributed by atoms with Gasteiger partial charge in [-0.2, -0.15) is 0 Å². The summed E-state index contributed by atoms with van der Waals surface area (Å²) in [5.41, 5.74) is 1.41. The lowest BCUT2D eigenvalue weighted by molar-refractivity contribution is -0.384. The van der Waals surface area contributed by atoms with Crippen molar-refractivity contribution in [3.63, 3.8) is 0 Å². The predicted octanol–water partition coefficient (Wildman–Crippen LogP) is 2.30. The Bertz CT molecular complexity index is 490. The van der Waals surface area contributed by atoms with Crippen molar-refractivity contribution >= 4 is 16.7 Å². The van der Waals surface area contributed by atoms with Gasteiger partial charge in [-0.1, -0.05) is 12.1 Å². The summed E-state index contributed by atoms with van der Waals surface area (Å²) in [5, 5.41) is 15.1. The first kappa shape index (κ1) is 8.68. The monoisotopic (exact) mass is 192 g/mol. The summed E-state index contributed by atoms with van der Waals surface area (Å²) >= 11 is 0. The molecule has 1 heterocycles. The number of nitrogens with zero attached hydrogens (tertiary/aromatic N) is 2. The molecule has 2 rings (SSSR count). The molecule has 0 amide bonds. The topological polar surface area (TPSA) is 69.2 Å². The van der Waals surface area contributed by atoms with Gasteiger partial charge in [0.05, 0.1) is 16.0 Å². The van der Waals surface area contributed by atoms with Crippen molar-refractivity contribution < 1.29 is 9.45 Å². The molecule has 0 fully saturated rings. The van der Waals surface area contributed by atoms with Gasteiger partial charge in [0.2, 0.25) is 0 Å². The van der Waals surface area contributed by atoms with Gasteiger partial charge < -0.3 is 4.52 Å². The van der Waals surface area contributed by atoms with Crippen LogP contribution in [0, 0.1) is 10.1 Å². The quantitative estimate of drug-likeness (QED) is 0.540. The lowest BCUT2D eigenvalue weighted by atomic mass is 10.2. The molecule has 1 aromatic carbocycles. The first-order valence-corrected chi connectivity index (χ1v) is 4.25. The minimum absolute atomic E-state index is 0.0652. The molecule has 2 aromatic rings. The third kappa shape index (κ3) is 1.22. The number of non-ortho nitro benzene ring substituents is 1. The van der Waals surface area contributed by atoms with Crippen LogP contribution in [0.15, 0.2) is 22.7 Å². The zero-order chi connectivity index (χ0) is 10.1. The van der Waals surface area contributed by atoms with E-state index in [2.05, 4.69) is 5.16 Å². The van der Waals surface area contributed by atoms with E-state index in [0.717, 1.165) is 11.1 Å². The first-order valence-electron chi connectivity index (χ1n) is 4.25. The normalized spacial score (nSPS) is 10.6. The molecule has 0 atom stereocenters. The summed E-state index contributed by atoms with van der Waals surface area (Å²) in [5.74, 6) is 0. The molecule has 0 unspecified atom stereocenters. The number of benzene rings is 1. The fraction of sp³-hybridized carbons (Fsp3) is 0.222. The average Bonchev–Trinajstić information content (AvgIpc) is 2.59. The van der Waals surface area contributed by atoms with E-state index in [1.54, 1.807) is 6.07 Å². The Hall–Kier alpha value is -1.91. The smallest absolute Gasteiger partial charge is 0.270 e. The maximum atomic E-state index is 10.5. The van der Waals surface area contributed by atoms with Gasteiger partial charge in [0.15, 0.2) is 5.58 Å². The lowest BCUT2D eigenvalue weighted by Crippen LogP contribution is -1.87. The van der Waals surface area contributed by atoms with E-state index in [4.69, 9.17) is 4.52 Å². The summed E-state index contributed by atoms with van der Waals surface area (Å²) in [6.45, 7) is 1.93. The minimum Gasteiger partial charge on any atom is -0.356 e. The second kappa shape index (κ2) is 3.10. The molecule has 0 radical (unpaired) electrons. The van der Waals surface area contributed by atoms with Gasteiger partial charge in [-0.15, -0.1) is 0 Å². The van der Waals surface area contributed by atoms with Crippen LogP contribution in [0.3, 0.4) is 0 Å². The van der Waals surface area contributed by atoms with Gasteiger partial charge in [-0.25, -0.2) is 0 Å². The highest BCUT2D eigenvalue weighted by atomic mass is 16.6. The summed E-state index contributed by atoms with van der Waals surface area (Å²) < 4.78 is 5.00. The molecule has 0 spiro atoms. The van der Waals surface area contributed by atoms with Crippen LogP contribution in [0.2, 0.25) is 0 Å². The standard InChI is InChI=1S/C9H8N2O3/c1-2-8-7-5-6(11(12)13)3-4-9(7)14-10-8/h3-5H,2H2,1H3. The van der Waals surface area contributed by atoms with Crippen molar-refractivity contribution in [2.75, 3.05) is 0 Å². The van der Waals surface area contributed by atoms with Crippen LogP contribution in [0.25, 0.3) is 11.0 Å². The second-order valence-electron chi connectivity index (χ2n) is 2.92. The number of aromatic nitrogens is 1. The van der Waals surface area contributed by atoms with Gasteiger partial charge >= 0.3 is 0 Å². The molecule has 1 aromatic heterocycles. The van der Waals surface area contributed by atoms with Crippen molar-refractivity contribution in [1.82, 2.24) is 5.16 Å². The SMILES string of the molecule is CCc1noc2ccc([N+](=O)[O-])cc12. The maximum Gasteiger partial charge on any atom is 0.270 e. The van der Waals surface area contributed by atoms with Crippen molar-refractivity contribution in [3.05, 3.63) is 34.0 Å². The Morgan fingerprint density at radius 3 is 3.00 bits per heavy atom. The molecule has 72 valence electrons. The van der Waals surface area contributed by atoms with Crippen LogP contribution in [-0.4, -0.2) is 10.1 Å². The Balaban J connectivity index is 2.67.